The van der Waals surface area contributed by atoms with E-state index in [1.54, 1.807) is 31.2 Å². The Bertz CT molecular complexity index is 933. The van der Waals surface area contributed by atoms with E-state index >= 15 is 0 Å². The summed E-state index contributed by atoms with van der Waals surface area (Å²) in [5.74, 6) is -0.691. The van der Waals surface area contributed by atoms with Crippen LogP contribution in [0, 0.1) is 12.7 Å². The average molecular weight is 427 g/mol. The van der Waals surface area contributed by atoms with Crippen molar-refractivity contribution in [1.82, 2.24) is 4.72 Å². The van der Waals surface area contributed by atoms with Gasteiger partial charge < -0.3 is 4.90 Å². The monoisotopic (exact) mass is 426 g/mol. The van der Waals surface area contributed by atoms with Crippen molar-refractivity contribution in [3.05, 3.63) is 58.3 Å². The minimum Gasteiger partial charge on any atom is -0.311 e. The van der Waals surface area contributed by atoms with Crippen LogP contribution in [0.25, 0.3) is 0 Å². The zero-order chi connectivity index (χ0) is 18.2. The summed E-state index contributed by atoms with van der Waals surface area (Å²) in [6.07, 6.45) is 0.346. The van der Waals surface area contributed by atoms with Crippen LogP contribution in [0.3, 0.4) is 0 Å². The normalized spacial score (nSPS) is 18.0. The molecule has 0 bridgehead atoms. The Balaban J connectivity index is 1.80. The van der Waals surface area contributed by atoms with Crippen LogP contribution in [0.1, 0.15) is 12.0 Å². The number of benzene rings is 2. The number of hydrogen-bond donors (Lipinski definition) is 1. The lowest BCUT2D eigenvalue weighted by molar-refractivity contribution is -0.118. The molecule has 2 aromatic carbocycles. The van der Waals surface area contributed by atoms with E-state index in [-0.39, 0.29) is 16.6 Å². The molecule has 0 radical (unpaired) electrons. The van der Waals surface area contributed by atoms with Crippen LogP contribution in [0.5, 0.6) is 0 Å². The highest BCUT2D eigenvalue weighted by Gasteiger charge is 2.36. The highest BCUT2D eigenvalue weighted by Crippen LogP contribution is 2.26. The summed E-state index contributed by atoms with van der Waals surface area (Å²) in [5.41, 5.74) is 0.994. The van der Waals surface area contributed by atoms with Gasteiger partial charge in [0, 0.05) is 16.7 Å². The van der Waals surface area contributed by atoms with Crippen LogP contribution in [0.2, 0.25) is 0 Å². The summed E-state index contributed by atoms with van der Waals surface area (Å²) in [6, 6.07) is 9.97. The fourth-order valence-electron chi connectivity index (χ4n) is 2.76. The summed E-state index contributed by atoms with van der Waals surface area (Å²) < 4.78 is 41.4. The molecule has 0 unspecified atom stereocenters. The third-order valence-corrected chi connectivity index (χ3v) is 6.57. The van der Waals surface area contributed by atoms with Crippen molar-refractivity contribution in [2.45, 2.75) is 24.3 Å². The maximum absolute atomic E-state index is 13.4. The molecule has 0 saturated carbocycles. The molecule has 1 amide bonds. The summed E-state index contributed by atoms with van der Waals surface area (Å²) >= 11 is 3.21. The number of halogens is 2. The molecule has 5 nitrogen and oxygen atoms in total. The van der Waals surface area contributed by atoms with Crippen molar-refractivity contribution >= 4 is 37.5 Å². The fourth-order valence-corrected chi connectivity index (χ4v) is 4.98. The number of carbonyl (C=O) groups is 1. The Labute approximate surface area is 154 Å². The molecule has 8 heteroatoms. The average Bonchev–Trinajstić information content (AvgIpc) is 2.91. The Morgan fingerprint density at radius 3 is 2.64 bits per heavy atom. The van der Waals surface area contributed by atoms with Crippen molar-refractivity contribution in [3.63, 3.8) is 0 Å². The first-order valence-corrected chi connectivity index (χ1v) is 9.91. The van der Waals surface area contributed by atoms with Crippen molar-refractivity contribution in [1.29, 1.82) is 0 Å². The van der Waals surface area contributed by atoms with E-state index in [1.807, 2.05) is 0 Å². The third-order valence-electron chi connectivity index (χ3n) is 4.08. The Morgan fingerprint density at radius 1 is 1.24 bits per heavy atom. The van der Waals surface area contributed by atoms with Gasteiger partial charge in [-0.25, -0.2) is 12.8 Å². The maximum Gasteiger partial charge on any atom is 0.245 e. The van der Waals surface area contributed by atoms with E-state index < -0.39 is 16.1 Å². The summed E-state index contributed by atoms with van der Waals surface area (Å²) in [6.45, 7) is 1.99. The van der Waals surface area contributed by atoms with Gasteiger partial charge >= 0.3 is 0 Å². The number of hydrogen-bond acceptors (Lipinski definition) is 3. The van der Waals surface area contributed by atoms with Crippen LogP contribution in [0.4, 0.5) is 10.1 Å². The number of amides is 1. The molecule has 1 aliphatic heterocycles. The van der Waals surface area contributed by atoms with Gasteiger partial charge in [0.2, 0.25) is 15.9 Å². The van der Waals surface area contributed by atoms with Gasteiger partial charge in [0.1, 0.15) is 11.9 Å². The summed E-state index contributed by atoms with van der Waals surface area (Å²) in [4.78, 5) is 14.1. The van der Waals surface area contributed by atoms with Crippen molar-refractivity contribution < 1.29 is 17.6 Å². The van der Waals surface area contributed by atoms with Gasteiger partial charge in [-0.15, -0.1) is 0 Å². The molecule has 1 saturated heterocycles. The number of nitrogens with one attached hydrogen (secondary N) is 1. The lowest BCUT2D eigenvalue weighted by Gasteiger charge is -2.18. The molecule has 132 valence electrons. The number of anilines is 1. The van der Waals surface area contributed by atoms with E-state index in [9.17, 15) is 17.6 Å². The molecular formula is C17H16BrFN2O3S. The topological polar surface area (TPSA) is 66.5 Å². The van der Waals surface area contributed by atoms with E-state index in [2.05, 4.69) is 20.7 Å². The quantitative estimate of drug-likeness (QED) is 0.816. The van der Waals surface area contributed by atoms with Crippen molar-refractivity contribution in [2.75, 3.05) is 11.4 Å². The molecule has 1 heterocycles. The second kappa shape index (κ2) is 6.86. The molecule has 0 aromatic heterocycles. The lowest BCUT2D eigenvalue weighted by Crippen LogP contribution is -2.41. The second-order valence-corrected chi connectivity index (χ2v) is 8.35. The van der Waals surface area contributed by atoms with Crippen LogP contribution < -0.4 is 9.62 Å². The van der Waals surface area contributed by atoms with Gasteiger partial charge in [-0.05, 0) is 65.2 Å². The number of aryl methyl sites for hydroxylation is 1. The number of carbonyl (C=O) groups excluding carboxylic acids is 1. The van der Waals surface area contributed by atoms with E-state index in [0.29, 0.717) is 28.7 Å². The third kappa shape index (κ3) is 3.61. The highest BCUT2D eigenvalue weighted by molar-refractivity contribution is 9.10. The predicted molar refractivity (Wildman–Crippen MR) is 96.4 cm³/mol. The minimum atomic E-state index is -3.83. The largest absolute Gasteiger partial charge is 0.311 e. The van der Waals surface area contributed by atoms with Gasteiger partial charge in [-0.2, -0.15) is 4.72 Å². The first-order chi connectivity index (χ1) is 11.8. The highest BCUT2D eigenvalue weighted by atomic mass is 79.9. The molecular weight excluding hydrogens is 411 g/mol. The van der Waals surface area contributed by atoms with Gasteiger partial charge in [0.15, 0.2) is 0 Å². The summed E-state index contributed by atoms with van der Waals surface area (Å²) in [7, 11) is -3.83. The number of nitrogens with zero attached hydrogens (tertiary/aromatic N) is 1. The zero-order valence-electron chi connectivity index (χ0n) is 13.4. The fraction of sp³-hybridized carbons (Fsp3) is 0.235. The maximum atomic E-state index is 13.4. The lowest BCUT2D eigenvalue weighted by atomic mass is 10.2. The zero-order valence-corrected chi connectivity index (χ0v) is 15.8. The Morgan fingerprint density at radius 2 is 1.96 bits per heavy atom. The smallest absolute Gasteiger partial charge is 0.245 e. The molecule has 1 aliphatic rings. The molecule has 2 aromatic rings. The minimum absolute atomic E-state index is 0.0823. The molecule has 1 atom stereocenters. The van der Waals surface area contributed by atoms with E-state index in [1.165, 1.54) is 23.1 Å². The van der Waals surface area contributed by atoms with Crippen molar-refractivity contribution in [3.8, 4) is 0 Å². The van der Waals surface area contributed by atoms with Gasteiger partial charge in [-0.1, -0.05) is 12.1 Å². The van der Waals surface area contributed by atoms with Gasteiger partial charge in [0.05, 0.1) is 4.90 Å². The molecule has 1 fully saturated rings. The number of rotatable bonds is 4. The van der Waals surface area contributed by atoms with Crippen LogP contribution in [-0.4, -0.2) is 26.9 Å². The van der Waals surface area contributed by atoms with E-state index in [0.717, 1.165) is 0 Å². The Kier molecular flexibility index (Phi) is 4.95. The molecule has 1 N–H and O–H groups in total. The molecule has 3 rings (SSSR count). The van der Waals surface area contributed by atoms with E-state index in [4.69, 9.17) is 0 Å². The SMILES string of the molecule is Cc1cc(N2CC[C@H](NS(=O)(=O)c3ccccc3Br)C2=O)ccc1F. The Hall–Kier alpha value is -1.77. The number of sulfonamides is 1. The van der Waals surface area contributed by atoms with Gasteiger partial charge in [-0.3, -0.25) is 4.79 Å². The van der Waals surface area contributed by atoms with Crippen LogP contribution in [0.15, 0.2) is 51.8 Å². The molecule has 0 spiro atoms. The van der Waals surface area contributed by atoms with Crippen LogP contribution >= 0.6 is 15.9 Å². The first kappa shape index (κ1) is 18.0. The first-order valence-electron chi connectivity index (χ1n) is 7.64. The molecule has 0 aliphatic carbocycles. The standard InChI is InChI=1S/C17H16BrFN2O3S/c1-11-10-12(6-7-14(11)19)21-9-8-15(17(21)22)20-25(23,24)16-5-3-2-4-13(16)18/h2-7,10,15,20H,8-9H2,1H3/t15-/m0/s1. The van der Waals surface area contributed by atoms with Gasteiger partial charge in [0.25, 0.3) is 0 Å². The van der Waals surface area contributed by atoms with Crippen LogP contribution in [-0.2, 0) is 14.8 Å². The van der Waals surface area contributed by atoms with Crippen molar-refractivity contribution in [2.24, 2.45) is 0 Å². The summed E-state index contributed by atoms with van der Waals surface area (Å²) in [5, 5.41) is 0. The predicted octanol–water partition coefficient (Wildman–Crippen LogP) is 2.98. The molecule has 25 heavy (non-hydrogen) atoms. The second-order valence-electron chi connectivity index (χ2n) is 5.82.